The lowest BCUT2D eigenvalue weighted by atomic mass is 10.2. The van der Waals surface area contributed by atoms with E-state index in [1.165, 1.54) is 13.1 Å². The maximum Gasteiger partial charge on any atom is 0.319 e. The van der Waals surface area contributed by atoms with Gasteiger partial charge in [0.1, 0.15) is 5.82 Å². The van der Waals surface area contributed by atoms with Crippen LogP contribution in [0.5, 0.6) is 0 Å². The zero-order chi connectivity index (χ0) is 9.84. The Morgan fingerprint density at radius 2 is 2.15 bits per heavy atom. The maximum absolute atomic E-state index is 13.0. The van der Waals surface area contributed by atoms with E-state index in [4.69, 9.17) is 0 Å². The molecule has 0 atom stereocenters. The van der Waals surface area contributed by atoms with Crippen molar-refractivity contribution in [3.8, 4) is 0 Å². The summed E-state index contributed by atoms with van der Waals surface area (Å²) in [5, 5.41) is 4.72. The molecule has 0 heterocycles. The van der Waals surface area contributed by atoms with Gasteiger partial charge in [-0.15, -0.1) is 0 Å². The summed E-state index contributed by atoms with van der Waals surface area (Å²) >= 11 is 0. The highest BCUT2D eigenvalue weighted by Gasteiger charge is 2.04. The van der Waals surface area contributed by atoms with E-state index in [0.717, 1.165) is 5.56 Å². The second kappa shape index (κ2) is 3.89. The number of nitrogens with one attached hydrogen (secondary N) is 2. The van der Waals surface area contributed by atoms with Crippen molar-refractivity contribution in [1.82, 2.24) is 5.32 Å². The highest BCUT2D eigenvalue weighted by Crippen LogP contribution is 2.14. The van der Waals surface area contributed by atoms with Gasteiger partial charge in [-0.1, -0.05) is 6.07 Å². The number of urea groups is 1. The van der Waals surface area contributed by atoms with Crippen LogP contribution < -0.4 is 10.6 Å². The Morgan fingerprint density at radius 1 is 1.46 bits per heavy atom. The van der Waals surface area contributed by atoms with E-state index in [1.807, 2.05) is 6.92 Å². The lowest BCUT2D eigenvalue weighted by Gasteiger charge is -2.05. The summed E-state index contributed by atoms with van der Waals surface area (Å²) in [6, 6.07) is 4.11. The third-order valence-corrected chi connectivity index (χ3v) is 1.60. The first-order chi connectivity index (χ1) is 6.13. The van der Waals surface area contributed by atoms with Gasteiger partial charge >= 0.3 is 6.03 Å². The Kier molecular flexibility index (Phi) is 2.84. The molecule has 0 unspecified atom stereocenters. The number of benzene rings is 1. The summed E-state index contributed by atoms with van der Waals surface area (Å²) in [7, 11) is 1.48. The predicted molar refractivity (Wildman–Crippen MR) is 49.2 cm³/mol. The van der Waals surface area contributed by atoms with Crippen molar-refractivity contribution in [2.75, 3.05) is 12.4 Å². The molecule has 1 aromatic rings. The van der Waals surface area contributed by atoms with Gasteiger partial charge in [0.15, 0.2) is 0 Å². The van der Waals surface area contributed by atoms with Gasteiger partial charge in [-0.25, -0.2) is 9.18 Å². The molecular weight excluding hydrogens is 171 g/mol. The Labute approximate surface area is 76.0 Å². The van der Waals surface area contributed by atoms with Crippen molar-refractivity contribution in [2.24, 2.45) is 0 Å². The normalized spacial score (nSPS) is 9.46. The number of halogens is 1. The summed E-state index contributed by atoms with van der Waals surface area (Å²) in [5.74, 6) is -0.436. The Balaban J connectivity index is 2.87. The van der Waals surface area contributed by atoms with Crippen LogP contribution in [0.3, 0.4) is 0 Å². The fraction of sp³-hybridized carbons (Fsp3) is 0.222. The fourth-order valence-electron chi connectivity index (χ4n) is 0.920. The van der Waals surface area contributed by atoms with Crippen LogP contribution in [0.25, 0.3) is 0 Å². The maximum atomic E-state index is 13.0. The van der Waals surface area contributed by atoms with Gasteiger partial charge in [-0.05, 0) is 24.6 Å². The first-order valence-corrected chi connectivity index (χ1v) is 3.88. The third-order valence-electron chi connectivity index (χ3n) is 1.60. The summed E-state index contributed by atoms with van der Waals surface area (Å²) in [5.41, 5.74) is 1.09. The molecule has 4 heteroatoms. The number of hydrogen-bond donors (Lipinski definition) is 2. The third kappa shape index (κ3) is 2.43. The molecule has 0 aromatic heterocycles. The Morgan fingerprint density at radius 3 is 2.77 bits per heavy atom. The first-order valence-electron chi connectivity index (χ1n) is 3.88. The van der Waals surface area contributed by atoms with E-state index >= 15 is 0 Å². The van der Waals surface area contributed by atoms with E-state index in [9.17, 15) is 9.18 Å². The molecule has 0 aliphatic heterocycles. The van der Waals surface area contributed by atoms with E-state index in [-0.39, 0.29) is 5.69 Å². The molecule has 70 valence electrons. The van der Waals surface area contributed by atoms with Crippen LogP contribution in [0.2, 0.25) is 0 Å². The summed E-state index contributed by atoms with van der Waals surface area (Å²) in [6.07, 6.45) is 0. The smallest absolute Gasteiger partial charge is 0.319 e. The van der Waals surface area contributed by atoms with Crippen LogP contribution >= 0.6 is 0 Å². The van der Waals surface area contributed by atoms with E-state index in [0.29, 0.717) is 0 Å². The SMILES string of the molecule is CNC(=O)Nc1cc(C)ccc1F. The minimum absolute atomic E-state index is 0.194. The molecule has 0 radical (unpaired) electrons. The van der Waals surface area contributed by atoms with Crippen LogP contribution in [0.15, 0.2) is 18.2 Å². The summed E-state index contributed by atoms with van der Waals surface area (Å²) in [6.45, 7) is 1.83. The molecule has 0 saturated heterocycles. The zero-order valence-electron chi connectivity index (χ0n) is 7.52. The first kappa shape index (κ1) is 9.51. The standard InChI is InChI=1S/C9H11FN2O/c1-6-3-4-7(10)8(5-6)12-9(13)11-2/h3-5H,1-2H3,(H2,11,12,13). The van der Waals surface area contributed by atoms with Crippen molar-refractivity contribution in [3.05, 3.63) is 29.6 Å². The topological polar surface area (TPSA) is 41.1 Å². The zero-order valence-corrected chi connectivity index (χ0v) is 7.52. The number of hydrogen-bond acceptors (Lipinski definition) is 1. The van der Waals surface area contributed by atoms with E-state index in [2.05, 4.69) is 10.6 Å². The number of carbonyl (C=O) groups excluding carboxylic acids is 1. The van der Waals surface area contributed by atoms with Gasteiger partial charge in [-0.3, -0.25) is 0 Å². The largest absolute Gasteiger partial charge is 0.341 e. The van der Waals surface area contributed by atoms with Crippen molar-refractivity contribution in [2.45, 2.75) is 6.92 Å². The van der Waals surface area contributed by atoms with Crippen LogP contribution in [0.4, 0.5) is 14.9 Å². The summed E-state index contributed by atoms with van der Waals surface area (Å²) < 4.78 is 13.0. The lowest BCUT2D eigenvalue weighted by molar-refractivity contribution is 0.254. The number of anilines is 1. The molecule has 0 aliphatic rings. The van der Waals surface area contributed by atoms with Crippen LogP contribution in [0.1, 0.15) is 5.56 Å². The monoisotopic (exact) mass is 182 g/mol. The van der Waals surface area contributed by atoms with Gasteiger partial charge in [0, 0.05) is 7.05 Å². The average Bonchev–Trinajstić information content (AvgIpc) is 2.11. The lowest BCUT2D eigenvalue weighted by Crippen LogP contribution is -2.24. The van der Waals surface area contributed by atoms with Crippen molar-refractivity contribution in [1.29, 1.82) is 0 Å². The molecule has 1 aromatic carbocycles. The van der Waals surface area contributed by atoms with Gasteiger partial charge in [-0.2, -0.15) is 0 Å². The predicted octanol–water partition coefficient (Wildman–Crippen LogP) is 1.89. The van der Waals surface area contributed by atoms with Crippen molar-refractivity contribution < 1.29 is 9.18 Å². The van der Waals surface area contributed by atoms with Gasteiger partial charge in [0.25, 0.3) is 0 Å². The number of rotatable bonds is 1. The summed E-state index contributed by atoms with van der Waals surface area (Å²) in [4.78, 5) is 10.9. The minimum atomic E-state index is -0.436. The fourth-order valence-corrected chi connectivity index (χ4v) is 0.920. The van der Waals surface area contributed by atoms with Crippen molar-refractivity contribution in [3.63, 3.8) is 0 Å². The van der Waals surface area contributed by atoms with Crippen LogP contribution in [0, 0.1) is 12.7 Å². The molecule has 0 spiro atoms. The van der Waals surface area contributed by atoms with Gasteiger partial charge in [0.2, 0.25) is 0 Å². The number of aryl methyl sites for hydroxylation is 1. The molecule has 0 saturated carbocycles. The van der Waals surface area contributed by atoms with E-state index in [1.54, 1.807) is 12.1 Å². The highest BCUT2D eigenvalue weighted by atomic mass is 19.1. The Hall–Kier alpha value is -1.58. The average molecular weight is 182 g/mol. The van der Waals surface area contributed by atoms with Gasteiger partial charge in [0.05, 0.1) is 5.69 Å². The molecule has 0 bridgehead atoms. The Bertz CT molecular complexity index is 325. The molecule has 0 fully saturated rings. The molecule has 2 N–H and O–H groups in total. The van der Waals surface area contributed by atoms with Crippen LogP contribution in [-0.4, -0.2) is 13.1 Å². The molecule has 13 heavy (non-hydrogen) atoms. The number of carbonyl (C=O) groups is 1. The van der Waals surface area contributed by atoms with Crippen LogP contribution in [-0.2, 0) is 0 Å². The molecule has 2 amide bonds. The van der Waals surface area contributed by atoms with Crippen molar-refractivity contribution >= 4 is 11.7 Å². The molecule has 3 nitrogen and oxygen atoms in total. The van der Waals surface area contributed by atoms with E-state index < -0.39 is 11.8 Å². The number of amides is 2. The minimum Gasteiger partial charge on any atom is -0.341 e. The highest BCUT2D eigenvalue weighted by molar-refractivity contribution is 5.89. The van der Waals surface area contributed by atoms with Gasteiger partial charge < -0.3 is 10.6 Å². The molecule has 1 rings (SSSR count). The second-order valence-electron chi connectivity index (χ2n) is 2.69. The quantitative estimate of drug-likeness (QED) is 0.684. The molecule has 0 aliphatic carbocycles. The second-order valence-corrected chi connectivity index (χ2v) is 2.69. The molecular formula is C9H11FN2O.